The summed E-state index contributed by atoms with van der Waals surface area (Å²) in [5, 5.41) is 9.30. The molecule has 0 amide bonds. The van der Waals surface area contributed by atoms with Crippen molar-refractivity contribution >= 4 is 11.7 Å². The van der Waals surface area contributed by atoms with Gasteiger partial charge in [0.15, 0.2) is 0 Å². The first-order valence-electron chi connectivity index (χ1n) is 5.83. The molecule has 0 aliphatic carbocycles. The maximum atomic E-state index is 11.9. The summed E-state index contributed by atoms with van der Waals surface area (Å²) in [6, 6.07) is 11.2. The van der Waals surface area contributed by atoms with Crippen molar-refractivity contribution in [3.05, 3.63) is 64.6 Å². The summed E-state index contributed by atoms with van der Waals surface area (Å²) in [7, 11) is 0. The van der Waals surface area contributed by atoms with E-state index in [1.54, 1.807) is 6.07 Å². The molecule has 1 heterocycles. The zero-order valence-electron chi connectivity index (χ0n) is 10.2. The van der Waals surface area contributed by atoms with Crippen LogP contribution in [0, 0.1) is 0 Å². The van der Waals surface area contributed by atoms with Gasteiger partial charge in [0.05, 0.1) is 5.69 Å². The summed E-state index contributed by atoms with van der Waals surface area (Å²) in [6.45, 7) is 0. The fraction of sp³-hybridized carbons (Fsp3) is 0.143. The Balaban J connectivity index is 2.39. The number of pyridine rings is 1. The number of carboxylic acids is 1. The molecule has 0 unspecified atom stereocenters. The minimum absolute atomic E-state index is 0.0433. The van der Waals surface area contributed by atoms with Gasteiger partial charge in [-0.3, -0.25) is 9.36 Å². The van der Waals surface area contributed by atoms with Gasteiger partial charge in [0.2, 0.25) is 0 Å². The van der Waals surface area contributed by atoms with E-state index in [2.05, 4.69) is 0 Å². The Morgan fingerprint density at radius 1 is 1.21 bits per heavy atom. The van der Waals surface area contributed by atoms with Crippen LogP contribution in [0.5, 0.6) is 0 Å². The molecule has 0 aliphatic heterocycles. The highest BCUT2D eigenvalue weighted by atomic mass is 16.4. The third kappa shape index (κ3) is 2.82. The number of hydrogen-bond acceptors (Lipinski definition) is 3. The lowest BCUT2D eigenvalue weighted by molar-refractivity contribution is -0.141. The molecule has 1 aromatic heterocycles. The van der Waals surface area contributed by atoms with Crippen LogP contribution in [-0.2, 0) is 11.2 Å². The Labute approximate surface area is 109 Å². The number of anilines is 1. The number of carbonyl (C=O) groups is 1. The second kappa shape index (κ2) is 5.39. The Hall–Kier alpha value is -2.56. The fourth-order valence-corrected chi connectivity index (χ4v) is 1.91. The Morgan fingerprint density at radius 2 is 1.89 bits per heavy atom. The van der Waals surface area contributed by atoms with Crippen LogP contribution < -0.4 is 11.3 Å². The van der Waals surface area contributed by atoms with Gasteiger partial charge in [0, 0.05) is 12.6 Å². The SMILES string of the molecule is Nc1cccn([C@@H](Cc2ccccc2)C(=O)O)c1=O. The highest BCUT2D eigenvalue weighted by molar-refractivity contribution is 5.72. The van der Waals surface area contributed by atoms with E-state index in [9.17, 15) is 14.7 Å². The zero-order chi connectivity index (χ0) is 13.8. The van der Waals surface area contributed by atoms with Crippen LogP contribution in [-0.4, -0.2) is 15.6 Å². The molecule has 19 heavy (non-hydrogen) atoms. The molecule has 5 heteroatoms. The van der Waals surface area contributed by atoms with Crippen LogP contribution in [0.3, 0.4) is 0 Å². The summed E-state index contributed by atoms with van der Waals surface area (Å²) in [6.07, 6.45) is 1.68. The fourth-order valence-electron chi connectivity index (χ4n) is 1.91. The number of rotatable bonds is 4. The summed E-state index contributed by atoms with van der Waals surface area (Å²) in [4.78, 5) is 23.2. The molecule has 3 N–H and O–H groups in total. The predicted octanol–water partition coefficient (Wildman–Crippen LogP) is 1.30. The third-order valence-electron chi connectivity index (χ3n) is 2.90. The molecule has 0 saturated carbocycles. The quantitative estimate of drug-likeness (QED) is 0.865. The highest BCUT2D eigenvalue weighted by Crippen LogP contribution is 2.13. The maximum Gasteiger partial charge on any atom is 0.327 e. The number of benzene rings is 1. The lowest BCUT2D eigenvalue weighted by atomic mass is 10.1. The van der Waals surface area contributed by atoms with Crippen LogP contribution in [0.15, 0.2) is 53.5 Å². The van der Waals surface area contributed by atoms with Gasteiger partial charge in [-0.1, -0.05) is 30.3 Å². The first kappa shape index (κ1) is 12.9. The molecule has 0 aliphatic rings. The van der Waals surface area contributed by atoms with E-state index in [0.29, 0.717) is 0 Å². The van der Waals surface area contributed by atoms with Crippen molar-refractivity contribution in [3.63, 3.8) is 0 Å². The molecule has 2 rings (SSSR count). The second-order valence-electron chi connectivity index (χ2n) is 4.22. The summed E-state index contributed by atoms with van der Waals surface area (Å²) in [5.41, 5.74) is 5.94. The topological polar surface area (TPSA) is 85.3 Å². The molecule has 1 aromatic carbocycles. The molecule has 0 bridgehead atoms. The average molecular weight is 258 g/mol. The normalized spacial score (nSPS) is 12.0. The lowest BCUT2D eigenvalue weighted by Crippen LogP contribution is -2.32. The summed E-state index contributed by atoms with van der Waals surface area (Å²) >= 11 is 0. The number of hydrogen-bond donors (Lipinski definition) is 2. The number of nitrogens with zero attached hydrogens (tertiary/aromatic N) is 1. The van der Waals surface area contributed by atoms with E-state index >= 15 is 0 Å². The summed E-state index contributed by atoms with van der Waals surface area (Å²) in [5.74, 6) is -1.06. The van der Waals surface area contributed by atoms with Gasteiger partial charge < -0.3 is 10.8 Å². The molecule has 0 saturated heterocycles. The molecule has 0 spiro atoms. The third-order valence-corrected chi connectivity index (χ3v) is 2.90. The van der Waals surface area contributed by atoms with Crippen LogP contribution in [0.4, 0.5) is 5.69 Å². The van der Waals surface area contributed by atoms with Crippen molar-refractivity contribution in [1.82, 2.24) is 4.57 Å². The monoisotopic (exact) mass is 258 g/mol. The lowest BCUT2D eigenvalue weighted by Gasteiger charge is -2.16. The van der Waals surface area contributed by atoms with E-state index in [-0.39, 0.29) is 12.1 Å². The van der Waals surface area contributed by atoms with E-state index in [0.717, 1.165) is 10.1 Å². The predicted molar refractivity (Wildman–Crippen MR) is 71.9 cm³/mol. The van der Waals surface area contributed by atoms with Gasteiger partial charge in [-0.15, -0.1) is 0 Å². The van der Waals surface area contributed by atoms with Crippen LogP contribution in [0.25, 0.3) is 0 Å². The molecule has 0 fully saturated rings. The van der Waals surface area contributed by atoms with Crippen molar-refractivity contribution in [2.24, 2.45) is 0 Å². The van der Waals surface area contributed by atoms with Crippen molar-refractivity contribution in [1.29, 1.82) is 0 Å². The van der Waals surface area contributed by atoms with Crippen LogP contribution in [0.2, 0.25) is 0 Å². The standard InChI is InChI=1S/C14H14N2O3/c15-11-7-4-8-16(13(11)17)12(14(18)19)9-10-5-2-1-3-6-10/h1-8,12H,9,15H2,(H,18,19)/t12-/m0/s1. The van der Waals surface area contributed by atoms with Crippen LogP contribution >= 0.6 is 0 Å². The number of aromatic nitrogens is 1. The molecule has 98 valence electrons. The zero-order valence-corrected chi connectivity index (χ0v) is 10.2. The maximum absolute atomic E-state index is 11.9. The molecule has 0 radical (unpaired) electrons. The van der Waals surface area contributed by atoms with Crippen LogP contribution in [0.1, 0.15) is 11.6 Å². The number of aliphatic carboxylic acids is 1. The van der Waals surface area contributed by atoms with Gasteiger partial charge in [-0.2, -0.15) is 0 Å². The minimum atomic E-state index is -1.06. The van der Waals surface area contributed by atoms with Crippen molar-refractivity contribution in [2.45, 2.75) is 12.5 Å². The number of nitrogens with two attached hydrogens (primary N) is 1. The van der Waals surface area contributed by atoms with Gasteiger partial charge in [0.25, 0.3) is 5.56 Å². The van der Waals surface area contributed by atoms with E-state index < -0.39 is 17.6 Å². The molecule has 5 nitrogen and oxygen atoms in total. The van der Waals surface area contributed by atoms with Crippen molar-refractivity contribution in [2.75, 3.05) is 5.73 Å². The Bertz CT molecular complexity index is 635. The summed E-state index contributed by atoms with van der Waals surface area (Å²) < 4.78 is 1.16. The van der Waals surface area contributed by atoms with E-state index in [4.69, 9.17) is 5.73 Å². The van der Waals surface area contributed by atoms with Gasteiger partial charge in [0.1, 0.15) is 6.04 Å². The minimum Gasteiger partial charge on any atom is -0.480 e. The molecule has 2 aromatic rings. The molecular weight excluding hydrogens is 244 g/mol. The van der Waals surface area contributed by atoms with Gasteiger partial charge >= 0.3 is 5.97 Å². The van der Waals surface area contributed by atoms with E-state index in [1.165, 1.54) is 12.3 Å². The largest absolute Gasteiger partial charge is 0.480 e. The first-order chi connectivity index (χ1) is 9.09. The molecule has 1 atom stereocenters. The first-order valence-corrected chi connectivity index (χ1v) is 5.83. The smallest absolute Gasteiger partial charge is 0.327 e. The molecular formula is C14H14N2O3. The second-order valence-corrected chi connectivity index (χ2v) is 4.22. The van der Waals surface area contributed by atoms with Gasteiger partial charge in [-0.05, 0) is 17.7 Å². The Morgan fingerprint density at radius 3 is 2.53 bits per heavy atom. The van der Waals surface area contributed by atoms with E-state index in [1.807, 2.05) is 30.3 Å². The van der Waals surface area contributed by atoms with Crippen molar-refractivity contribution in [3.8, 4) is 0 Å². The van der Waals surface area contributed by atoms with Crippen molar-refractivity contribution < 1.29 is 9.90 Å². The average Bonchev–Trinajstić information content (AvgIpc) is 2.40. The highest BCUT2D eigenvalue weighted by Gasteiger charge is 2.21. The van der Waals surface area contributed by atoms with Gasteiger partial charge in [-0.25, -0.2) is 4.79 Å². The number of carboxylic acid groups (broad SMARTS) is 1. The number of nitrogen functional groups attached to an aromatic ring is 1. The Kier molecular flexibility index (Phi) is 3.66.